The van der Waals surface area contributed by atoms with Crippen molar-refractivity contribution < 1.29 is 0 Å². The Morgan fingerprint density at radius 3 is 2.89 bits per heavy atom. The SMILES string of the molecule is Cc1ccnc(C2CCCc3cccnc32)c1N. The van der Waals surface area contributed by atoms with Gasteiger partial charge in [-0.1, -0.05) is 6.07 Å². The maximum Gasteiger partial charge on any atom is 0.0725 e. The van der Waals surface area contributed by atoms with E-state index in [2.05, 4.69) is 16.0 Å². The Bertz CT molecular complexity index is 578. The van der Waals surface area contributed by atoms with Crippen molar-refractivity contribution in [1.29, 1.82) is 0 Å². The van der Waals surface area contributed by atoms with Crippen molar-refractivity contribution in [3.05, 3.63) is 53.1 Å². The zero-order valence-corrected chi connectivity index (χ0v) is 10.6. The van der Waals surface area contributed by atoms with Crippen LogP contribution in [0.5, 0.6) is 0 Å². The van der Waals surface area contributed by atoms with Crippen LogP contribution in [0.1, 0.15) is 41.3 Å². The molecule has 0 radical (unpaired) electrons. The molecule has 2 aromatic heterocycles. The first-order valence-electron chi connectivity index (χ1n) is 6.42. The van der Waals surface area contributed by atoms with Crippen LogP contribution in [-0.2, 0) is 6.42 Å². The highest BCUT2D eigenvalue weighted by molar-refractivity contribution is 5.53. The Kier molecular flexibility index (Phi) is 2.74. The van der Waals surface area contributed by atoms with Gasteiger partial charge in [-0.15, -0.1) is 0 Å². The average Bonchev–Trinajstić information content (AvgIpc) is 2.41. The Balaban J connectivity index is 2.11. The molecule has 92 valence electrons. The fourth-order valence-electron chi connectivity index (χ4n) is 2.74. The lowest BCUT2D eigenvalue weighted by Crippen LogP contribution is -2.16. The van der Waals surface area contributed by atoms with Crippen LogP contribution in [0.25, 0.3) is 0 Å². The van der Waals surface area contributed by atoms with Crippen molar-refractivity contribution in [2.24, 2.45) is 0 Å². The lowest BCUT2D eigenvalue weighted by Gasteiger charge is -2.25. The zero-order chi connectivity index (χ0) is 12.5. The molecule has 0 bridgehead atoms. The summed E-state index contributed by atoms with van der Waals surface area (Å²) in [6.45, 7) is 2.03. The van der Waals surface area contributed by atoms with Gasteiger partial charge in [0.1, 0.15) is 0 Å². The van der Waals surface area contributed by atoms with Gasteiger partial charge in [-0.2, -0.15) is 0 Å². The van der Waals surface area contributed by atoms with Crippen LogP contribution in [0, 0.1) is 6.92 Å². The van der Waals surface area contributed by atoms with Crippen LogP contribution in [0.4, 0.5) is 5.69 Å². The van der Waals surface area contributed by atoms with Crippen molar-refractivity contribution in [1.82, 2.24) is 9.97 Å². The molecule has 0 fully saturated rings. The Morgan fingerprint density at radius 1 is 1.17 bits per heavy atom. The summed E-state index contributed by atoms with van der Waals surface area (Å²) < 4.78 is 0. The van der Waals surface area contributed by atoms with Crippen LogP contribution >= 0.6 is 0 Å². The second-order valence-corrected chi connectivity index (χ2v) is 4.92. The molecule has 2 heterocycles. The number of hydrogen-bond acceptors (Lipinski definition) is 3. The summed E-state index contributed by atoms with van der Waals surface area (Å²) in [5.41, 5.74) is 11.6. The van der Waals surface area contributed by atoms with E-state index < -0.39 is 0 Å². The number of pyridine rings is 2. The third-order valence-electron chi connectivity index (χ3n) is 3.76. The van der Waals surface area contributed by atoms with E-state index in [1.54, 1.807) is 0 Å². The first-order valence-corrected chi connectivity index (χ1v) is 6.42. The fraction of sp³-hybridized carbons (Fsp3) is 0.333. The molecule has 0 aromatic carbocycles. The van der Waals surface area contributed by atoms with Crippen molar-refractivity contribution >= 4 is 5.69 Å². The molecule has 0 amide bonds. The van der Waals surface area contributed by atoms with E-state index in [4.69, 9.17) is 5.73 Å². The highest BCUT2D eigenvalue weighted by atomic mass is 14.8. The minimum Gasteiger partial charge on any atom is -0.397 e. The molecule has 0 spiro atoms. The smallest absolute Gasteiger partial charge is 0.0725 e. The maximum atomic E-state index is 6.18. The van der Waals surface area contributed by atoms with Gasteiger partial charge in [0.2, 0.25) is 0 Å². The molecule has 2 aromatic rings. The highest BCUT2D eigenvalue weighted by Crippen LogP contribution is 2.37. The van der Waals surface area contributed by atoms with E-state index in [-0.39, 0.29) is 5.92 Å². The van der Waals surface area contributed by atoms with E-state index in [0.29, 0.717) is 0 Å². The van der Waals surface area contributed by atoms with E-state index in [1.165, 1.54) is 12.0 Å². The number of nitrogens with zero attached hydrogens (tertiary/aromatic N) is 2. The zero-order valence-electron chi connectivity index (χ0n) is 10.6. The van der Waals surface area contributed by atoms with Gasteiger partial charge in [0.25, 0.3) is 0 Å². The summed E-state index contributed by atoms with van der Waals surface area (Å²) in [6, 6.07) is 6.13. The summed E-state index contributed by atoms with van der Waals surface area (Å²) in [5, 5.41) is 0. The predicted octanol–water partition coefficient (Wildman–Crippen LogP) is 2.84. The second-order valence-electron chi connectivity index (χ2n) is 4.92. The van der Waals surface area contributed by atoms with Gasteiger partial charge >= 0.3 is 0 Å². The monoisotopic (exact) mass is 239 g/mol. The van der Waals surface area contributed by atoms with Gasteiger partial charge in [0, 0.05) is 18.3 Å². The lowest BCUT2D eigenvalue weighted by molar-refractivity contribution is 0.589. The molecule has 1 atom stereocenters. The molecule has 2 N–H and O–H groups in total. The minimum absolute atomic E-state index is 0.259. The molecular formula is C15H17N3. The fourth-order valence-corrected chi connectivity index (χ4v) is 2.74. The molecule has 1 aliphatic carbocycles. The standard InChI is InChI=1S/C15H17N3/c1-10-7-9-18-15(13(10)16)12-6-2-4-11-5-3-8-17-14(11)12/h3,5,7-9,12H,2,4,6,16H2,1H3. The number of nitrogens with two attached hydrogens (primary N) is 1. The summed E-state index contributed by atoms with van der Waals surface area (Å²) in [5.74, 6) is 0.259. The van der Waals surface area contributed by atoms with Crippen molar-refractivity contribution in [2.45, 2.75) is 32.1 Å². The van der Waals surface area contributed by atoms with Crippen LogP contribution in [0.2, 0.25) is 0 Å². The predicted molar refractivity (Wildman–Crippen MR) is 72.4 cm³/mol. The van der Waals surface area contributed by atoms with E-state index in [1.807, 2.05) is 31.5 Å². The van der Waals surface area contributed by atoms with E-state index >= 15 is 0 Å². The topological polar surface area (TPSA) is 51.8 Å². The summed E-state index contributed by atoms with van der Waals surface area (Å²) in [7, 11) is 0. The summed E-state index contributed by atoms with van der Waals surface area (Å²) >= 11 is 0. The Morgan fingerprint density at radius 2 is 2.00 bits per heavy atom. The summed E-state index contributed by atoms with van der Waals surface area (Å²) in [6.07, 6.45) is 7.09. The number of anilines is 1. The van der Waals surface area contributed by atoms with Crippen LogP contribution in [0.15, 0.2) is 30.6 Å². The third-order valence-corrected chi connectivity index (χ3v) is 3.76. The number of nitrogen functional groups attached to an aromatic ring is 1. The molecule has 3 heteroatoms. The van der Waals surface area contributed by atoms with Crippen molar-refractivity contribution in [3.63, 3.8) is 0 Å². The number of aryl methyl sites for hydroxylation is 2. The summed E-state index contributed by atoms with van der Waals surface area (Å²) in [4.78, 5) is 9.05. The molecule has 0 aliphatic heterocycles. The van der Waals surface area contributed by atoms with Crippen molar-refractivity contribution in [3.8, 4) is 0 Å². The van der Waals surface area contributed by atoms with Gasteiger partial charge in [-0.05, 0) is 49.4 Å². The molecule has 0 saturated carbocycles. The second kappa shape index (κ2) is 4.41. The van der Waals surface area contributed by atoms with Crippen LogP contribution < -0.4 is 5.73 Å². The largest absolute Gasteiger partial charge is 0.397 e. The molecule has 1 aliphatic rings. The van der Waals surface area contributed by atoms with E-state index in [9.17, 15) is 0 Å². The molecule has 18 heavy (non-hydrogen) atoms. The van der Waals surface area contributed by atoms with E-state index in [0.717, 1.165) is 35.5 Å². The third kappa shape index (κ3) is 1.76. The van der Waals surface area contributed by atoms with Crippen molar-refractivity contribution in [2.75, 3.05) is 5.73 Å². The lowest BCUT2D eigenvalue weighted by atomic mass is 9.83. The molecule has 3 nitrogen and oxygen atoms in total. The number of aromatic nitrogens is 2. The molecule has 3 rings (SSSR count). The minimum atomic E-state index is 0.259. The Labute approximate surface area is 107 Å². The Hall–Kier alpha value is -1.90. The molecular weight excluding hydrogens is 222 g/mol. The van der Waals surface area contributed by atoms with Gasteiger partial charge < -0.3 is 5.73 Å². The quantitative estimate of drug-likeness (QED) is 0.832. The average molecular weight is 239 g/mol. The van der Waals surface area contributed by atoms with Gasteiger partial charge in [-0.3, -0.25) is 9.97 Å². The normalized spacial score (nSPS) is 18.4. The van der Waals surface area contributed by atoms with Gasteiger partial charge in [0.05, 0.1) is 17.1 Å². The highest BCUT2D eigenvalue weighted by Gasteiger charge is 2.25. The molecule has 0 saturated heterocycles. The number of hydrogen-bond donors (Lipinski definition) is 1. The molecule has 1 unspecified atom stereocenters. The maximum absolute atomic E-state index is 6.18. The van der Waals surface area contributed by atoms with Gasteiger partial charge in [0.15, 0.2) is 0 Å². The van der Waals surface area contributed by atoms with Crippen LogP contribution in [0.3, 0.4) is 0 Å². The number of rotatable bonds is 1. The van der Waals surface area contributed by atoms with Crippen LogP contribution in [-0.4, -0.2) is 9.97 Å². The van der Waals surface area contributed by atoms with Gasteiger partial charge in [-0.25, -0.2) is 0 Å². The first-order chi connectivity index (χ1) is 8.77. The number of fused-ring (bicyclic) bond motifs is 1. The first kappa shape index (κ1) is 11.2.